The minimum atomic E-state index is -0.818. The minimum absolute atomic E-state index is 0.0841. The molecule has 4 aromatic carbocycles. The van der Waals surface area contributed by atoms with Crippen LogP contribution in [0.1, 0.15) is 36.1 Å². The lowest BCUT2D eigenvalue weighted by Gasteiger charge is -2.47. The molecular formula is C37H42O6. The number of aliphatic hydroxyl groups excluding tert-OH is 1. The van der Waals surface area contributed by atoms with Crippen molar-refractivity contribution in [1.82, 2.24) is 0 Å². The van der Waals surface area contributed by atoms with Crippen LogP contribution in [0.2, 0.25) is 0 Å². The predicted molar refractivity (Wildman–Crippen MR) is 166 cm³/mol. The van der Waals surface area contributed by atoms with Crippen LogP contribution in [0.25, 0.3) is 0 Å². The van der Waals surface area contributed by atoms with Gasteiger partial charge in [-0.15, -0.1) is 0 Å². The molecule has 1 N–H and O–H groups in total. The SMILES string of the molecule is CC(C)C(O)C1OC(OCc2ccccc2)C(OCc2ccccc2)C(OCc2ccccc2)C1OCc1ccccc1. The second-order valence-electron chi connectivity index (χ2n) is 11.3. The van der Waals surface area contributed by atoms with Crippen molar-refractivity contribution >= 4 is 0 Å². The largest absolute Gasteiger partial charge is 0.390 e. The zero-order valence-corrected chi connectivity index (χ0v) is 24.9. The standard InChI is InChI=1S/C37H42O6/c1-27(2)32(38)33-34(39-23-28-15-7-3-8-16-28)35(40-24-29-17-9-4-10-18-29)36(41-25-30-19-11-5-12-20-30)37(43-33)42-26-31-21-13-6-14-22-31/h3-22,27,32-38H,23-26H2,1-2H3. The second-order valence-corrected chi connectivity index (χ2v) is 11.3. The van der Waals surface area contributed by atoms with Crippen LogP contribution in [0.3, 0.4) is 0 Å². The Morgan fingerprint density at radius 2 is 0.860 bits per heavy atom. The van der Waals surface area contributed by atoms with E-state index in [-0.39, 0.29) is 5.92 Å². The maximum absolute atomic E-state index is 11.5. The fraction of sp³-hybridized carbons (Fsp3) is 0.351. The summed E-state index contributed by atoms with van der Waals surface area (Å²) in [4.78, 5) is 0. The van der Waals surface area contributed by atoms with Crippen LogP contribution in [-0.2, 0) is 50.1 Å². The highest BCUT2D eigenvalue weighted by Gasteiger charge is 2.51. The summed E-state index contributed by atoms with van der Waals surface area (Å²) in [6.45, 7) is 5.29. The van der Waals surface area contributed by atoms with Gasteiger partial charge in [0.15, 0.2) is 6.29 Å². The maximum atomic E-state index is 11.5. The summed E-state index contributed by atoms with van der Waals surface area (Å²) in [5, 5.41) is 11.5. The van der Waals surface area contributed by atoms with E-state index in [2.05, 4.69) is 0 Å². The Morgan fingerprint density at radius 3 is 1.26 bits per heavy atom. The quantitative estimate of drug-likeness (QED) is 0.179. The number of benzene rings is 4. The summed E-state index contributed by atoms with van der Waals surface area (Å²) < 4.78 is 32.9. The van der Waals surface area contributed by atoms with E-state index in [1.54, 1.807) is 0 Å². The molecule has 1 fully saturated rings. The highest BCUT2D eigenvalue weighted by atomic mass is 16.7. The van der Waals surface area contributed by atoms with Crippen molar-refractivity contribution in [2.24, 2.45) is 5.92 Å². The van der Waals surface area contributed by atoms with Gasteiger partial charge in [-0.1, -0.05) is 135 Å². The molecule has 6 heteroatoms. The predicted octanol–water partition coefficient (Wildman–Crippen LogP) is 6.70. The molecular weight excluding hydrogens is 540 g/mol. The summed E-state index contributed by atoms with van der Waals surface area (Å²) in [6.07, 6.45) is -4.19. The molecule has 6 unspecified atom stereocenters. The lowest BCUT2D eigenvalue weighted by molar-refractivity contribution is -0.338. The Morgan fingerprint density at radius 1 is 0.512 bits per heavy atom. The van der Waals surface area contributed by atoms with E-state index in [1.807, 2.05) is 135 Å². The number of rotatable bonds is 14. The van der Waals surface area contributed by atoms with Gasteiger partial charge in [0, 0.05) is 0 Å². The molecule has 0 bridgehead atoms. The van der Waals surface area contributed by atoms with E-state index in [0.29, 0.717) is 26.4 Å². The Hall–Kier alpha value is -3.36. The monoisotopic (exact) mass is 582 g/mol. The van der Waals surface area contributed by atoms with Gasteiger partial charge in [-0.3, -0.25) is 0 Å². The lowest BCUT2D eigenvalue weighted by atomic mass is 9.90. The third kappa shape index (κ3) is 8.83. The molecule has 1 saturated heterocycles. The Bertz CT molecular complexity index is 1320. The summed E-state index contributed by atoms with van der Waals surface area (Å²) in [6, 6.07) is 40.0. The molecule has 0 aromatic heterocycles. The summed E-state index contributed by atoms with van der Waals surface area (Å²) in [5.74, 6) is -0.0841. The average molecular weight is 583 g/mol. The molecule has 5 rings (SSSR count). The highest BCUT2D eigenvalue weighted by Crippen LogP contribution is 2.34. The van der Waals surface area contributed by atoms with Crippen LogP contribution >= 0.6 is 0 Å². The van der Waals surface area contributed by atoms with E-state index in [1.165, 1.54) is 0 Å². The van der Waals surface area contributed by atoms with Gasteiger partial charge in [0.1, 0.15) is 24.4 Å². The first-order chi connectivity index (χ1) is 21.1. The van der Waals surface area contributed by atoms with Gasteiger partial charge < -0.3 is 28.8 Å². The number of aliphatic hydroxyl groups is 1. The van der Waals surface area contributed by atoms with Gasteiger partial charge in [-0.25, -0.2) is 0 Å². The van der Waals surface area contributed by atoms with Crippen LogP contribution in [0.5, 0.6) is 0 Å². The van der Waals surface area contributed by atoms with Crippen molar-refractivity contribution in [2.75, 3.05) is 0 Å². The molecule has 43 heavy (non-hydrogen) atoms. The lowest BCUT2D eigenvalue weighted by Crippen LogP contribution is -2.64. The normalized spacial score (nSPS) is 22.8. The zero-order chi connectivity index (χ0) is 29.9. The third-order valence-electron chi connectivity index (χ3n) is 7.66. The Kier molecular flexibility index (Phi) is 11.5. The second kappa shape index (κ2) is 15.9. The van der Waals surface area contributed by atoms with Crippen LogP contribution < -0.4 is 0 Å². The summed E-state index contributed by atoms with van der Waals surface area (Å²) in [7, 11) is 0. The summed E-state index contributed by atoms with van der Waals surface area (Å²) >= 11 is 0. The first-order valence-corrected chi connectivity index (χ1v) is 15.0. The molecule has 0 saturated carbocycles. The molecule has 0 amide bonds. The van der Waals surface area contributed by atoms with Crippen molar-refractivity contribution in [3.8, 4) is 0 Å². The van der Waals surface area contributed by atoms with Crippen LogP contribution in [0.15, 0.2) is 121 Å². The molecule has 1 aliphatic heterocycles. The van der Waals surface area contributed by atoms with Crippen LogP contribution in [-0.4, -0.2) is 41.9 Å². The third-order valence-corrected chi connectivity index (χ3v) is 7.66. The van der Waals surface area contributed by atoms with E-state index in [4.69, 9.17) is 23.7 Å². The van der Waals surface area contributed by atoms with E-state index in [9.17, 15) is 5.11 Å². The highest BCUT2D eigenvalue weighted by molar-refractivity contribution is 5.16. The van der Waals surface area contributed by atoms with Crippen molar-refractivity contribution in [3.05, 3.63) is 144 Å². The molecule has 1 heterocycles. The van der Waals surface area contributed by atoms with Gasteiger partial charge in [0.05, 0.1) is 32.5 Å². The molecule has 0 radical (unpaired) electrons. The molecule has 6 nitrogen and oxygen atoms in total. The van der Waals surface area contributed by atoms with Crippen LogP contribution in [0, 0.1) is 5.92 Å². The fourth-order valence-corrected chi connectivity index (χ4v) is 5.23. The smallest absolute Gasteiger partial charge is 0.187 e. The topological polar surface area (TPSA) is 66.4 Å². The van der Waals surface area contributed by atoms with Crippen LogP contribution in [0.4, 0.5) is 0 Å². The van der Waals surface area contributed by atoms with Crippen molar-refractivity contribution in [3.63, 3.8) is 0 Å². The maximum Gasteiger partial charge on any atom is 0.187 e. The molecule has 4 aromatic rings. The van der Waals surface area contributed by atoms with Crippen molar-refractivity contribution in [1.29, 1.82) is 0 Å². The van der Waals surface area contributed by atoms with Gasteiger partial charge >= 0.3 is 0 Å². The molecule has 6 atom stereocenters. The molecule has 1 aliphatic rings. The van der Waals surface area contributed by atoms with Gasteiger partial charge in [0.2, 0.25) is 0 Å². The van der Waals surface area contributed by atoms with Crippen molar-refractivity contribution < 1.29 is 28.8 Å². The van der Waals surface area contributed by atoms with E-state index >= 15 is 0 Å². The minimum Gasteiger partial charge on any atom is -0.390 e. The number of ether oxygens (including phenoxy) is 5. The number of hydrogen-bond acceptors (Lipinski definition) is 6. The Labute approximate surface area is 255 Å². The van der Waals surface area contributed by atoms with Gasteiger partial charge in [0.25, 0.3) is 0 Å². The molecule has 226 valence electrons. The van der Waals surface area contributed by atoms with Crippen molar-refractivity contribution in [2.45, 2.75) is 77.1 Å². The average Bonchev–Trinajstić information content (AvgIpc) is 3.06. The zero-order valence-electron chi connectivity index (χ0n) is 24.9. The van der Waals surface area contributed by atoms with Gasteiger partial charge in [-0.2, -0.15) is 0 Å². The first kappa shape index (κ1) is 31.1. The summed E-state index contributed by atoms with van der Waals surface area (Å²) in [5.41, 5.74) is 4.09. The van der Waals surface area contributed by atoms with E-state index in [0.717, 1.165) is 22.3 Å². The Balaban J connectivity index is 1.47. The molecule has 0 spiro atoms. The fourth-order valence-electron chi connectivity index (χ4n) is 5.23. The number of hydrogen-bond donors (Lipinski definition) is 1. The van der Waals surface area contributed by atoms with E-state index < -0.39 is 36.8 Å². The van der Waals surface area contributed by atoms with Gasteiger partial charge in [-0.05, 0) is 28.2 Å². The first-order valence-electron chi connectivity index (χ1n) is 15.0. The molecule has 0 aliphatic carbocycles.